The van der Waals surface area contributed by atoms with Crippen molar-refractivity contribution in [3.05, 3.63) is 215 Å². The largest absolute Gasteiger partial charge is 0.457 e. The lowest BCUT2D eigenvalue weighted by molar-refractivity contribution is 0.483. The van der Waals surface area contributed by atoms with Gasteiger partial charge in [-0.2, -0.15) is 0 Å². The summed E-state index contributed by atoms with van der Waals surface area (Å²) in [6, 6.07) is 42.3. The zero-order valence-corrected chi connectivity index (χ0v) is 48.3. The predicted molar refractivity (Wildman–Crippen MR) is 323 cm³/mol. The molecule has 1 aliphatic rings. The van der Waals surface area contributed by atoms with E-state index in [0.717, 1.165) is 55.4 Å². The zero-order valence-electron chi connectivity index (χ0n) is 48.3. The molecule has 11 rings (SSSR count). The molecule has 0 saturated heterocycles. The second-order valence-corrected chi connectivity index (χ2v) is 24.7. The molecule has 8 aromatic carbocycles. The first-order chi connectivity index (χ1) is 38.9. The highest BCUT2D eigenvalue weighted by molar-refractivity contribution is 6.09. The lowest BCUT2D eigenvalue weighted by Gasteiger charge is -2.30. The second-order valence-electron chi connectivity index (χ2n) is 24.7. The van der Waals surface area contributed by atoms with Crippen molar-refractivity contribution >= 4 is 44.6 Å². The van der Waals surface area contributed by atoms with Gasteiger partial charge in [0.1, 0.15) is 58.9 Å². The normalized spacial score (nSPS) is 13.0. The van der Waals surface area contributed by atoms with Crippen LogP contribution in [0.15, 0.2) is 152 Å². The van der Waals surface area contributed by atoms with E-state index >= 15 is 17.6 Å². The lowest BCUT2D eigenvalue weighted by atomic mass is 9.81. The Morgan fingerprint density at radius 1 is 0.476 bits per heavy atom. The fraction of sp³-hybridized carbons (Fsp3) is 0.254. The average molecular weight is 1110 g/mol. The summed E-state index contributed by atoms with van der Waals surface area (Å²) >= 11 is 0. The summed E-state index contributed by atoms with van der Waals surface area (Å²) in [6.07, 6.45) is 1.85. The van der Waals surface area contributed by atoms with Gasteiger partial charge in [-0.3, -0.25) is 4.57 Å². The number of halogens is 6. The van der Waals surface area contributed by atoms with Gasteiger partial charge in [0.15, 0.2) is 0 Å². The molecule has 2 aromatic heterocycles. The number of rotatable bonds is 11. The number of anilines is 4. The maximum Gasteiger partial charge on any atom is 0.137 e. The summed E-state index contributed by atoms with van der Waals surface area (Å²) in [6.45, 7) is 25.3. The Morgan fingerprint density at radius 2 is 1.01 bits per heavy atom. The van der Waals surface area contributed by atoms with E-state index in [4.69, 9.17) is 9.72 Å². The van der Waals surface area contributed by atoms with Crippen LogP contribution in [0.3, 0.4) is 0 Å². The quantitative estimate of drug-likeness (QED) is 0.121. The van der Waals surface area contributed by atoms with Crippen molar-refractivity contribution in [2.75, 3.05) is 16.5 Å². The first-order valence-electron chi connectivity index (χ1n) is 28.0. The van der Waals surface area contributed by atoms with E-state index in [0.29, 0.717) is 58.4 Å². The van der Waals surface area contributed by atoms with Crippen LogP contribution in [0.5, 0.6) is 11.5 Å². The molecule has 0 fully saturated rings. The maximum atomic E-state index is 16.5. The van der Waals surface area contributed by atoms with Gasteiger partial charge in [-0.25, -0.2) is 31.3 Å². The fourth-order valence-corrected chi connectivity index (χ4v) is 11.6. The maximum absolute atomic E-state index is 16.5. The summed E-state index contributed by atoms with van der Waals surface area (Å²) < 4.78 is 105. The summed E-state index contributed by atoms with van der Waals surface area (Å²) in [5.74, 6) is -4.78. The van der Waals surface area contributed by atoms with Crippen LogP contribution in [-0.4, -0.2) is 16.2 Å². The van der Waals surface area contributed by atoms with Gasteiger partial charge in [0.25, 0.3) is 0 Å². The molecule has 0 radical (unpaired) electrons. The zero-order chi connectivity index (χ0) is 58.4. The van der Waals surface area contributed by atoms with Crippen LogP contribution in [0.25, 0.3) is 61.0 Å². The molecule has 0 saturated carbocycles. The number of aromatic nitrogens is 2. The van der Waals surface area contributed by atoms with Crippen LogP contribution < -0.4 is 14.5 Å². The van der Waals surface area contributed by atoms with Gasteiger partial charge in [-0.05, 0) is 134 Å². The van der Waals surface area contributed by atoms with Crippen molar-refractivity contribution in [2.45, 2.75) is 112 Å². The summed E-state index contributed by atoms with van der Waals surface area (Å²) in [5.41, 5.74) is 8.64. The van der Waals surface area contributed by atoms with E-state index in [1.807, 2.05) is 86.5 Å². The Balaban J connectivity index is 1.15. The Hall–Kier alpha value is -8.31. The molecule has 10 aromatic rings. The van der Waals surface area contributed by atoms with Crippen molar-refractivity contribution in [1.29, 1.82) is 0 Å². The summed E-state index contributed by atoms with van der Waals surface area (Å²) in [4.78, 5) is 8.71. The third-order valence-electron chi connectivity index (χ3n) is 15.9. The highest BCUT2D eigenvalue weighted by Crippen LogP contribution is 2.54. The molecular weight excluding hydrogens is 1040 g/mol. The van der Waals surface area contributed by atoms with E-state index in [-0.39, 0.29) is 46.7 Å². The minimum absolute atomic E-state index is 0.0177. The highest BCUT2D eigenvalue weighted by atomic mass is 19.2. The first-order valence-corrected chi connectivity index (χ1v) is 28.0. The van der Waals surface area contributed by atoms with Gasteiger partial charge < -0.3 is 14.5 Å². The van der Waals surface area contributed by atoms with E-state index in [2.05, 4.69) is 121 Å². The van der Waals surface area contributed by atoms with Crippen LogP contribution in [0, 0.1) is 34.9 Å². The Labute approximate surface area is 476 Å². The van der Waals surface area contributed by atoms with Crippen molar-refractivity contribution in [3.8, 4) is 50.7 Å². The Morgan fingerprint density at radius 3 is 1.56 bits per heavy atom. The van der Waals surface area contributed by atoms with Crippen LogP contribution in [0.4, 0.5) is 49.1 Å². The van der Waals surface area contributed by atoms with Crippen molar-refractivity contribution in [1.82, 2.24) is 9.55 Å². The van der Waals surface area contributed by atoms with Gasteiger partial charge in [0, 0.05) is 70.2 Å². The molecule has 11 heteroatoms. The molecule has 0 N–H and O–H groups in total. The van der Waals surface area contributed by atoms with Gasteiger partial charge >= 0.3 is 0 Å². The molecule has 418 valence electrons. The monoisotopic (exact) mass is 1100 g/mol. The number of para-hydroxylation sites is 3. The van der Waals surface area contributed by atoms with Gasteiger partial charge in [0.05, 0.1) is 39.2 Å². The summed E-state index contributed by atoms with van der Waals surface area (Å²) in [7, 11) is 0. The van der Waals surface area contributed by atoms with E-state index in [1.165, 1.54) is 5.56 Å². The Kier molecular flexibility index (Phi) is 14.2. The number of hydrogen-bond acceptors (Lipinski definition) is 4. The number of ether oxygens (including phenoxy) is 1. The standard InChI is InChI=1S/C71H66F6N4O/c1-39(2)42-27-53(40(3)4)66(54(28-42)41(5)6)43-25-48(36-50(26-43)82-49-21-22-52-51-17-13-14-18-61(51)81(64(52)37-49)65-31-44(23-24-78-65)70(7,8)9)79-38-80(63-20-16-15-19-62(63)79)69-55(67-57(74)32-46(72)33-58(67)75)29-45(71(10,11)12)30-56(69)68-59(76)34-47(73)35-60(68)77/h13-37,39-41H,38H2,1-12H3. The Bertz CT molecular complexity index is 4010. The molecule has 0 amide bonds. The predicted octanol–water partition coefficient (Wildman–Crippen LogP) is 21.0. The van der Waals surface area contributed by atoms with Crippen LogP contribution in [-0.2, 0) is 10.8 Å². The second kappa shape index (κ2) is 20.9. The third kappa shape index (κ3) is 10.1. The molecule has 0 unspecified atom stereocenters. The number of nitrogens with zero attached hydrogens (tertiary/aromatic N) is 4. The molecule has 82 heavy (non-hydrogen) atoms. The molecule has 0 bridgehead atoms. The number of fused-ring (bicyclic) bond motifs is 4. The van der Waals surface area contributed by atoms with Crippen molar-refractivity contribution < 1.29 is 31.1 Å². The smallest absolute Gasteiger partial charge is 0.137 e. The number of benzene rings is 8. The molecule has 0 aliphatic carbocycles. The van der Waals surface area contributed by atoms with Gasteiger partial charge in [0.2, 0.25) is 0 Å². The van der Waals surface area contributed by atoms with Crippen LogP contribution >= 0.6 is 0 Å². The van der Waals surface area contributed by atoms with Crippen molar-refractivity contribution in [2.24, 2.45) is 0 Å². The molecule has 0 atom stereocenters. The molecule has 1 aliphatic heterocycles. The molecule has 0 spiro atoms. The SMILES string of the molecule is CC(C)c1cc(C(C)C)c(-c2cc(Oc3ccc4c5ccccc5n(-c5cc(C(C)(C)C)ccn5)c4c3)cc(N3CN(c4c(-c5c(F)cc(F)cc5F)cc(C(C)(C)C)cc4-c4c(F)cc(F)cc4F)c4ccccc43)c2)c(C(C)C)c1. The minimum atomic E-state index is -1.21. The van der Waals surface area contributed by atoms with Gasteiger partial charge in [-0.1, -0.05) is 126 Å². The highest BCUT2D eigenvalue weighted by Gasteiger charge is 2.36. The van der Waals surface area contributed by atoms with Crippen LogP contribution in [0.2, 0.25) is 0 Å². The molecule has 5 nitrogen and oxygen atoms in total. The van der Waals surface area contributed by atoms with Crippen molar-refractivity contribution in [3.63, 3.8) is 0 Å². The van der Waals surface area contributed by atoms with Gasteiger partial charge in [-0.15, -0.1) is 0 Å². The topological polar surface area (TPSA) is 33.5 Å². The molecule has 3 heterocycles. The average Bonchev–Trinajstić information content (AvgIpc) is 2.13. The molecular formula is C71H66F6N4O. The summed E-state index contributed by atoms with van der Waals surface area (Å²) in [5, 5.41) is 2.09. The first kappa shape index (κ1) is 55.6. The lowest BCUT2D eigenvalue weighted by Crippen LogP contribution is -2.26. The van der Waals surface area contributed by atoms with Crippen LogP contribution in [0.1, 0.15) is 129 Å². The number of pyridine rings is 1. The van der Waals surface area contributed by atoms with E-state index in [9.17, 15) is 8.78 Å². The van der Waals surface area contributed by atoms with E-state index in [1.54, 1.807) is 17.0 Å². The number of hydrogen-bond donors (Lipinski definition) is 0. The minimum Gasteiger partial charge on any atom is -0.457 e. The third-order valence-corrected chi connectivity index (χ3v) is 15.9. The van der Waals surface area contributed by atoms with E-state index < -0.39 is 51.4 Å². The fourth-order valence-electron chi connectivity index (χ4n) is 11.6.